The number of para-hydroxylation sites is 1. The van der Waals surface area contributed by atoms with Gasteiger partial charge >= 0.3 is 0 Å². The van der Waals surface area contributed by atoms with Crippen LogP contribution < -0.4 is 4.90 Å². The van der Waals surface area contributed by atoms with Crippen molar-refractivity contribution < 1.29 is 4.79 Å². The molecule has 0 aromatic heterocycles. The highest BCUT2D eigenvalue weighted by Gasteiger charge is 2.38. The number of aryl methyl sites for hydroxylation is 2. The molecule has 2 aromatic carbocycles. The second kappa shape index (κ2) is 7.68. The predicted molar refractivity (Wildman–Crippen MR) is 120 cm³/mol. The summed E-state index contributed by atoms with van der Waals surface area (Å²) in [7, 11) is 0. The van der Waals surface area contributed by atoms with Crippen LogP contribution in [0.5, 0.6) is 0 Å². The smallest absolute Gasteiger partial charge is 0.269 e. The van der Waals surface area contributed by atoms with Gasteiger partial charge in [0, 0.05) is 18.0 Å². The molecular formula is C22H23N3OS2. The van der Waals surface area contributed by atoms with Crippen LogP contribution in [0.4, 0.5) is 11.4 Å². The number of thioether (sulfide) groups is 2. The number of rotatable bonds is 3. The fourth-order valence-electron chi connectivity index (χ4n) is 3.36. The highest BCUT2D eigenvalue weighted by atomic mass is 32.2. The summed E-state index contributed by atoms with van der Waals surface area (Å²) in [5.74, 6) is 0.0466. The monoisotopic (exact) mass is 409 g/mol. The molecule has 4 nitrogen and oxygen atoms in total. The largest absolute Gasteiger partial charge is 0.334 e. The molecular weight excluding hydrogens is 386 g/mol. The topological polar surface area (TPSA) is 35.9 Å². The molecule has 1 fully saturated rings. The van der Waals surface area contributed by atoms with Crippen LogP contribution in [0.25, 0.3) is 0 Å². The normalized spacial score (nSPS) is 20.4. The van der Waals surface area contributed by atoms with Crippen LogP contribution in [-0.2, 0) is 4.79 Å². The minimum absolute atomic E-state index is 0.0466. The van der Waals surface area contributed by atoms with Crippen LogP contribution in [0.1, 0.15) is 25.0 Å². The maximum Gasteiger partial charge on any atom is 0.269 e. The number of likely N-dealkylation sites (N-methyl/N-ethyl adjacent to an activating group) is 1. The first-order chi connectivity index (χ1) is 13.5. The van der Waals surface area contributed by atoms with Gasteiger partial charge in [0.1, 0.15) is 9.93 Å². The van der Waals surface area contributed by atoms with Crippen molar-refractivity contribution in [2.75, 3.05) is 18.0 Å². The standard InChI is InChI=1S/C22H23N3OS2/c1-5-24-17-9-7-8-10-18(17)27-21(24)19-20(26)25(6-2)22(28-19)23-16-13-14(3)11-12-15(16)4/h7-13H,5-6H2,1-4H3/b21-19-,23-22?. The molecule has 0 N–H and O–H groups in total. The lowest BCUT2D eigenvalue weighted by molar-refractivity contribution is -0.122. The fourth-order valence-corrected chi connectivity index (χ4v) is 5.81. The molecule has 1 amide bonds. The van der Waals surface area contributed by atoms with Crippen molar-refractivity contribution in [2.24, 2.45) is 4.99 Å². The molecule has 28 heavy (non-hydrogen) atoms. The Kier molecular flexibility index (Phi) is 5.25. The molecule has 0 aliphatic carbocycles. The maximum absolute atomic E-state index is 13.2. The number of benzene rings is 2. The van der Waals surface area contributed by atoms with Gasteiger partial charge in [-0.15, -0.1) is 0 Å². The Hall–Kier alpha value is -2.18. The van der Waals surface area contributed by atoms with E-state index < -0.39 is 0 Å². The Morgan fingerprint density at radius 1 is 0.964 bits per heavy atom. The molecule has 6 heteroatoms. The molecule has 2 aliphatic rings. The Balaban J connectivity index is 1.77. The molecule has 144 valence electrons. The Morgan fingerprint density at radius 2 is 1.71 bits per heavy atom. The minimum atomic E-state index is 0.0466. The van der Waals surface area contributed by atoms with Crippen LogP contribution in [0.2, 0.25) is 0 Å². The van der Waals surface area contributed by atoms with Gasteiger partial charge < -0.3 is 4.90 Å². The van der Waals surface area contributed by atoms with Crippen molar-refractivity contribution in [3.8, 4) is 0 Å². The van der Waals surface area contributed by atoms with Crippen molar-refractivity contribution in [1.82, 2.24) is 4.90 Å². The molecule has 0 saturated carbocycles. The van der Waals surface area contributed by atoms with E-state index in [1.165, 1.54) is 27.9 Å². The van der Waals surface area contributed by atoms with E-state index in [1.54, 1.807) is 16.7 Å². The minimum Gasteiger partial charge on any atom is -0.334 e. The number of carbonyl (C=O) groups excluding carboxylic acids is 1. The zero-order chi connectivity index (χ0) is 19.8. The summed E-state index contributed by atoms with van der Waals surface area (Å²) in [5.41, 5.74) is 4.38. The van der Waals surface area contributed by atoms with Gasteiger partial charge in [-0.1, -0.05) is 36.0 Å². The third-order valence-electron chi connectivity index (χ3n) is 4.88. The Bertz CT molecular complexity index is 1010. The van der Waals surface area contributed by atoms with E-state index in [4.69, 9.17) is 4.99 Å². The van der Waals surface area contributed by atoms with Crippen LogP contribution >= 0.6 is 23.5 Å². The first-order valence-electron chi connectivity index (χ1n) is 9.47. The molecule has 0 spiro atoms. The van der Waals surface area contributed by atoms with E-state index in [0.717, 1.165) is 32.9 Å². The molecule has 0 atom stereocenters. The molecule has 4 rings (SSSR count). The van der Waals surface area contributed by atoms with Gasteiger partial charge in [-0.2, -0.15) is 0 Å². The summed E-state index contributed by atoms with van der Waals surface area (Å²) in [6, 6.07) is 14.6. The molecule has 1 saturated heterocycles. The van der Waals surface area contributed by atoms with E-state index >= 15 is 0 Å². The summed E-state index contributed by atoms with van der Waals surface area (Å²) in [6.07, 6.45) is 0. The van der Waals surface area contributed by atoms with E-state index in [-0.39, 0.29) is 5.91 Å². The highest BCUT2D eigenvalue weighted by molar-refractivity contribution is 8.19. The van der Waals surface area contributed by atoms with Gasteiger partial charge in [0.05, 0.1) is 11.4 Å². The van der Waals surface area contributed by atoms with Crippen LogP contribution in [0.3, 0.4) is 0 Å². The summed E-state index contributed by atoms with van der Waals surface area (Å²) in [4.78, 5) is 24.1. The third kappa shape index (κ3) is 3.25. The fraction of sp³-hybridized carbons (Fsp3) is 0.273. The first-order valence-corrected chi connectivity index (χ1v) is 11.1. The number of aliphatic imine (C=N–C) groups is 1. The van der Waals surface area contributed by atoms with Crippen molar-refractivity contribution in [1.29, 1.82) is 0 Å². The van der Waals surface area contributed by atoms with E-state index in [0.29, 0.717) is 6.54 Å². The van der Waals surface area contributed by atoms with Gasteiger partial charge in [0.15, 0.2) is 5.17 Å². The maximum atomic E-state index is 13.2. The van der Waals surface area contributed by atoms with Crippen molar-refractivity contribution in [3.63, 3.8) is 0 Å². The van der Waals surface area contributed by atoms with Crippen molar-refractivity contribution in [3.05, 3.63) is 63.5 Å². The van der Waals surface area contributed by atoms with E-state index in [9.17, 15) is 4.79 Å². The van der Waals surface area contributed by atoms with Gasteiger partial charge in [-0.25, -0.2) is 4.99 Å². The second-order valence-corrected chi connectivity index (χ2v) is 8.79. The summed E-state index contributed by atoms with van der Waals surface area (Å²) in [6.45, 7) is 9.67. The summed E-state index contributed by atoms with van der Waals surface area (Å²) >= 11 is 3.17. The number of carbonyl (C=O) groups is 1. The van der Waals surface area contributed by atoms with Crippen LogP contribution in [-0.4, -0.2) is 29.1 Å². The number of amidine groups is 1. The average Bonchev–Trinajstić information content (AvgIpc) is 3.21. The van der Waals surface area contributed by atoms with Gasteiger partial charge in [0.25, 0.3) is 5.91 Å². The molecule has 0 unspecified atom stereocenters. The van der Waals surface area contributed by atoms with Crippen LogP contribution in [0, 0.1) is 13.8 Å². The lowest BCUT2D eigenvalue weighted by atomic mass is 10.1. The number of nitrogens with zero attached hydrogens (tertiary/aromatic N) is 3. The van der Waals surface area contributed by atoms with Crippen molar-refractivity contribution in [2.45, 2.75) is 32.6 Å². The molecule has 0 bridgehead atoms. The highest BCUT2D eigenvalue weighted by Crippen LogP contribution is 2.50. The molecule has 2 aromatic rings. The number of hydrogen-bond acceptors (Lipinski definition) is 5. The van der Waals surface area contributed by atoms with E-state index in [2.05, 4.69) is 56.0 Å². The lowest BCUT2D eigenvalue weighted by Gasteiger charge is -2.19. The number of fused-ring (bicyclic) bond motifs is 1. The molecule has 2 heterocycles. The quantitative estimate of drug-likeness (QED) is 0.610. The lowest BCUT2D eigenvalue weighted by Crippen LogP contribution is -2.29. The third-order valence-corrected chi connectivity index (χ3v) is 7.26. The summed E-state index contributed by atoms with van der Waals surface area (Å²) < 4.78 is 0. The first kappa shape index (κ1) is 19.2. The second-order valence-electron chi connectivity index (χ2n) is 6.78. The number of amides is 1. The predicted octanol–water partition coefficient (Wildman–Crippen LogP) is 5.69. The Labute approximate surface area is 174 Å². The number of hydrogen-bond donors (Lipinski definition) is 0. The van der Waals surface area contributed by atoms with Gasteiger partial charge in [0.2, 0.25) is 0 Å². The zero-order valence-electron chi connectivity index (χ0n) is 16.5. The van der Waals surface area contributed by atoms with E-state index in [1.807, 2.05) is 19.1 Å². The number of anilines is 1. The van der Waals surface area contributed by atoms with Crippen molar-refractivity contribution >= 4 is 46.0 Å². The zero-order valence-corrected chi connectivity index (χ0v) is 18.2. The van der Waals surface area contributed by atoms with Gasteiger partial charge in [-0.3, -0.25) is 9.69 Å². The van der Waals surface area contributed by atoms with Gasteiger partial charge in [-0.05, 0) is 68.8 Å². The molecule has 0 radical (unpaired) electrons. The van der Waals surface area contributed by atoms with Crippen LogP contribution in [0.15, 0.2) is 62.3 Å². The Morgan fingerprint density at radius 3 is 2.46 bits per heavy atom. The average molecular weight is 410 g/mol. The SMILES string of the molecule is CCN1C(=O)/C(=C2/Sc3ccccc3N2CC)SC1=Nc1cc(C)ccc1C. The molecule has 2 aliphatic heterocycles. The summed E-state index contributed by atoms with van der Waals surface area (Å²) in [5, 5.41) is 1.78.